The van der Waals surface area contributed by atoms with Crippen molar-refractivity contribution in [2.45, 2.75) is 20.8 Å². The fourth-order valence-corrected chi connectivity index (χ4v) is 4.65. The molecular weight excluding hydrogens is 628 g/mol. The third kappa shape index (κ3) is 8.89. The van der Waals surface area contributed by atoms with Crippen LogP contribution < -0.4 is 18.9 Å². The molecule has 0 N–H and O–H groups in total. The van der Waals surface area contributed by atoms with E-state index in [1.807, 2.05) is 0 Å². The van der Waals surface area contributed by atoms with Crippen LogP contribution in [-0.4, -0.2) is 37.5 Å². The van der Waals surface area contributed by atoms with E-state index in [9.17, 15) is 19.2 Å². The summed E-state index contributed by atoms with van der Waals surface area (Å²) in [6.07, 6.45) is -1.54. The molecule has 5 aromatic rings. The number of carbonyl (C=O) groups excluding carboxylic acids is 4. The number of benzene rings is 5. The van der Waals surface area contributed by atoms with Crippen LogP contribution in [0.3, 0.4) is 0 Å². The van der Waals surface area contributed by atoms with Crippen LogP contribution in [0.25, 0.3) is 22.3 Å². The molecule has 0 radical (unpaired) electrons. The highest BCUT2D eigenvalue weighted by Crippen LogP contribution is 2.30. The van der Waals surface area contributed by atoms with Gasteiger partial charge < -0.3 is 28.4 Å². The highest BCUT2D eigenvalue weighted by atomic mass is 16.7. The molecule has 0 saturated heterocycles. The van der Waals surface area contributed by atoms with Gasteiger partial charge in [-0.05, 0) is 104 Å². The molecule has 0 fully saturated rings. The van der Waals surface area contributed by atoms with Gasteiger partial charge in [-0.2, -0.15) is 0 Å². The van der Waals surface area contributed by atoms with E-state index in [1.165, 1.54) is 0 Å². The third-order valence-corrected chi connectivity index (χ3v) is 7.18. The predicted octanol–water partition coefficient (Wildman–Crippen LogP) is 8.84. The highest BCUT2D eigenvalue weighted by Gasteiger charge is 2.17. The monoisotopic (exact) mass is 660 g/mol. The summed E-state index contributed by atoms with van der Waals surface area (Å²) in [7, 11) is 0. The molecular formula is C39H32O10. The van der Waals surface area contributed by atoms with Crippen molar-refractivity contribution in [2.24, 2.45) is 0 Å². The highest BCUT2D eigenvalue weighted by molar-refractivity contribution is 5.93. The summed E-state index contributed by atoms with van der Waals surface area (Å²) in [4.78, 5) is 49.0. The minimum Gasteiger partial charge on any atom is -0.434 e. The Hall–Kier alpha value is -6.42. The first-order valence-electron chi connectivity index (χ1n) is 15.4. The number of hydrogen-bond donors (Lipinski definition) is 0. The average Bonchev–Trinajstić information content (AvgIpc) is 3.11. The summed E-state index contributed by atoms with van der Waals surface area (Å²) < 4.78 is 31.1. The minimum atomic E-state index is -0.770. The van der Waals surface area contributed by atoms with Crippen molar-refractivity contribution < 1.29 is 47.6 Å². The summed E-state index contributed by atoms with van der Waals surface area (Å²) in [6, 6.07) is 32.4. The lowest BCUT2D eigenvalue weighted by Gasteiger charge is -2.12. The van der Waals surface area contributed by atoms with Gasteiger partial charge in [-0.3, -0.25) is 0 Å². The fraction of sp³-hybridized carbons (Fsp3) is 0.128. The smallest absolute Gasteiger partial charge is 0.434 e. The molecule has 0 aliphatic heterocycles. The molecule has 5 aromatic carbocycles. The molecule has 0 amide bonds. The van der Waals surface area contributed by atoms with Gasteiger partial charge in [0.15, 0.2) is 0 Å². The van der Waals surface area contributed by atoms with Gasteiger partial charge in [-0.25, -0.2) is 19.2 Å². The number of rotatable bonds is 10. The minimum absolute atomic E-state index is 0.220. The first kappa shape index (κ1) is 33.9. The van der Waals surface area contributed by atoms with Crippen LogP contribution in [0, 0.1) is 6.92 Å². The quantitative estimate of drug-likeness (QED) is 0.0815. The molecule has 0 aliphatic rings. The molecule has 0 atom stereocenters. The lowest BCUT2D eigenvalue weighted by atomic mass is 10.0. The lowest BCUT2D eigenvalue weighted by Crippen LogP contribution is -2.12. The summed E-state index contributed by atoms with van der Waals surface area (Å²) in [6.45, 7) is 5.52. The van der Waals surface area contributed by atoms with Crippen molar-refractivity contribution in [3.63, 3.8) is 0 Å². The second-order valence-electron chi connectivity index (χ2n) is 10.4. The topological polar surface area (TPSA) is 124 Å². The van der Waals surface area contributed by atoms with Gasteiger partial charge in [0.1, 0.15) is 23.0 Å². The van der Waals surface area contributed by atoms with Gasteiger partial charge in [0, 0.05) is 5.56 Å². The Morgan fingerprint density at radius 3 is 1.10 bits per heavy atom. The Balaban J connectivity index is 1.19. The van der Waals surface area contributed by atoms with Gasteiger partial charge in [-0.15, -0.1) is 0 Å². The molecule has 10 heteroatoms. The standard InChI is InChI=1S/C39H32O10/c1-4-44-38(42)46-32-21-17-28(18-22-32)26-9-13-30(14-10-26)36(40)48-34-7-6-8-35(25(34)3)49-37(41)31-15-11-27(12-16-31)29-19-23-33(24-20-29)47-39(43)45-5-2/h6-24H,4-5H2,1-3H3. The largest absolute Gasteiger partial charge is 0.513 e. The lowest BCUT2D eigenvalue weighted by molar-refractivity contribution is 0.0729. The molecule has 10 nitrogen and oxygen atoms in total. The summed E-state index contributed by atoms with van der Waals surface area (Å²) in [5.74, 6) is 0.0591. The van der Waals surface area contributed by atoms with E-state index < -0.39 is 24.2 Å². The molecule has 0 unspecified atom stereocenters. The third-order valence-electron chi connectivity index (χ3n) is 7.18. The maximum Gasteiger partial charge on any atom is 0.513 e. The van der Waals surface area contributed by atoms with E-state index in [-0.39, 0.29) is 24.7 Å². The number of ether oxygens (including phenoxy) is 6. The van der Waals surface area contributed by atoms with Gasteiger partial charge in [0.2, 0.25) is 0 Å². The number of esters is 2. The SMILES string of the molecule is CCOC(=O)Oc1ccc(-c2ccc(C(=O)Oc3cccc(OC(=O)c4ccc(-c5ccc(OC(=O)OCC)cc5)cc4)c3C)cc2)cc1. The molecule has 248 valence electrons. The van der Waals surface area contributed by atoms with E-state index in [0.29, 0.717) is 28.2 Å². The second kappa shape index (κ2) is 15.9. The first-order chi connectivity index (χ1) is 23.7. The van der Waals surface area contributed by atoms with E-state index in [1.54, 1.807) is 136 Å². The molecule has 0 heterocycles. The molecule has 0 aromatic heterocycles. The Labute approximate surface area is 282 Å². The molecule has 0 aliphatic carbocycles. The molecule has 49 heavy (non-hydrogen) atoms. The van der Waals surface area contributed by atoms with Gasteiger partial charge in [0.05, 0.1) is 24.3 Å². The van der Waals surface area contributed by atoms with Gasteiger partial charge in [-0.1, -0.05) is 54.6 Å². The Morgan fingerprint density at radius 1 is 0.449 bits per heavy atom. The van der Waals surface area contributed by atoms with E-state index in [4.69, 9.17) is 28.4 Å². The zero-order chi connectivity index (χ0) is 34.8. The maximum atomic E-state index is 13.0. The van der Waals surface area contributed by atoms with Crippen LogP contribution in [0.15, 0.2) is 115 Å². The summed E-state index contributed by atoms with van der Waals surface area (Å²) in [5, 5.41) is 0. The summed E-state index contributed by atoms with van der Waals surface area (Å²) in [5.41, 5.74) is 4.53. The normalized spacial score (nSPS) is 10.4. The second-order valence-corrected chi connectivity index (χ2v) is 10.4. The predicted molar refractivity (Wildman–Crippen MR) is 180 cm³/mol. The Morgan fingerprint density at radius 2 is 0.776 bits per heavy atom. The van der Waals surface area contributed by atoms with Crippen LogP contribution in [0.4, 0.5) is 9.59 Å². The Kier molecular flexibility index (Phi) is 11.0. The molecule has 0 bridgehead atoms. The summed E-state index contributed by atoms with van der Waals surface area (Å²) >= 11 is 0. The van der Waals surface area contributed by atoms with Crippen LogP contribution >= 0.6 is 0 Å². The number of carbonyl (C=O) groups is 4. The molecule has 0 spiro atoms. The Bertz CT molecular complexity index is 1790. The molecule has 0 saturated carbocycles. The van der Waals surface area contributed by atoms with Crippen molar-refractivity contribution in [1.82, 2.24) is 0 Å². The van der Waals surface area contributed by atoms with Crippen molar-refractivity contribution in [3.8, 4) is 45.3 Å². The number of hydrogen-bond acceptors (Lipinski definition) is 10. The van der Waals surface area contributed by atoms with Crippen molar-refractivity contribution in [3.05, 3.63) is 132 Å². The maximum absolute atomic E-state index is 13.0. The van der Waals surface area contributed by atoms with E-state index in [2.05, 4.69) is 0 Å². The van der Waals surface area contributed by atoms with Crippen molar-refractivity contribution >= 4 is 24.2 Å². The van der Waals surface area contributed by atoms with Gasteiger partial charge >= 0.3 is 24.2 Å². The average molecular weight is 661 g/mol. The van der Waals surface area contributed by atoms with Crippen LogP contribution in [0.1, 0.15) is 40.1 Å². The van der Waals surface area contributed by atoms with E-state index in [0.717, 1.165) is 22.3 Å². The molecule has 5 rings (SSSR count). The van der Waals surface area contributed by atoms with Crippen LogP contribution in [-0.2, 0) is 9.47 Å². The van der Waals surface area contributed by atoms with Crippen LogP contribution in [0.5, 0.6) is 23.0 Å². The van der Waals surface area contributed by atoms with Crippen LogP contribution in [0.2, 0.25) is 0 Å². The zero-order valence-electron chi connectivity index (χ0n) is 27.0. The fourth-order valence-electron chi connectivity index (χ4n) is 4.65. The van der Waals surface area contributed by atoms with Crippen molar-refractivity contribution in [1.29, 1.82) is 0 Å². The first-order valence-corrected chi connectivity index (χ1v) is 15.4. The zero-order valence-corrected chi connectivity index (χ0v) is 27.0. The van der Waals surface area contributed by atoms with Gasteiger partial charge in [0.25, 0.3) is 0 Å². The van der Waals surface area contributed by atoms with Crippen molar-refractivity contribution in [2.75, 3.05) is 13.2 Å². The van der Waals surface area contributed by atoms with E-state index >= 15 is 0 Å².